The second-order valence-electron chi connectivity index (χ2n) is 7.25. The van der Waals surface area contributed by atoms with Crippen LogP contribution in [0.2, 0.25) is 0 Å². The summed E-state index contributed by atoms with van der Waals surface area (Å²) in [5, 5.41) is 2.73. The Balaban J connectivity index is 1.79. The van der Waals surface area contributed by atoms with Gasteiger partial charge < -0.3 is 25.3 Å². The van der Waals surface area contributed by atoms with Gasteiger partial charge in [-0.15, -0.1) is 0 Å². The van der Waals surface area contributed by atoms with Crippen LogP contribution in [0, 0.1) is 6.92 Å². The number of nitrogens with two attached hydrogens (primary N) is 1. The van der Waals surface area contributed by atoms with Crippen LogP contribution in [0.3, 0.4) is 0 Å². The van der Waals surface area contributed by atoms with E-state index in [4.69, 9.17) is 19.9 Å². The maximum atomic E-state index is 13.0. The lowest BCUT2D eigenvalue weighted by atomic mass is 9.97. The third-order valence-electron chi connectivity index (χ3n) is 5.05. The molecular formula is C22H26N4O5. The van der Waals surface area contributed by atoms with Crippen molar-refractivity contribution in [1.82, 2.24) is 10.3 Å². The van der Waals surface area contributed by atoms with Crippen LogP contribution in [0.15, 0.2) is 41.5 Å². The number of hydrogen-bond acceptors (Lipinski definition) is 8. The Morgan fingerprint density at radius 2 is 2.13 bits per heavy atom. The summed E-state index contributed by atoms with van der Waals surface area (Å²) in [6.45, 7) is 2.60. The van der Waals surface area contributed by atoms with Crippen LogP contribution < -0.4 is 15.8 Å². The molecule has 9 heteroatoms. The van der Waals surface area contributed by atoms with Crippen molar-refractivity contribution in [2.75, 3.05) is 33.1 Å². The van der Waals surface area contributed by atoms with Crippen molar-refractivity contribution in [3.8, 4) is 5.75 Å². The van der Waals surface area contributed by atoms with Crippen LogP contribution in [-0.2, 0) is 25.7 Å². The van der Waals surface area contributed by atoms with E-state index in [0.29, 0.717) is 36.6 Å². The summed E-state index contributed by atoms with van der Waals surface area (Å²) in [4.78, 5) is 33.7. The summed E-state index contributed by atoms with van der Waals surface area (Å²) in [6, 6.07) is 8.85. The van der Waals surface area contributed by atoms with Gasteiger partial charge in [0.05, 0.1) is 13.7 Å². The second kappa shape index (κ2) is 9.57. The zero-order chi connectivity index (χ0) is 22.4. The maximum Gasteiger partial charge on any atom is 0.334 e. The van der Waals surface area contributed by atoms with Gasteiger partial charge in [-0.1, -0.05) is 6.07 Å². The lowest BCUT2D eigenvalue weighted by molar-refractivity contribution is -0.150. The topological polar surface area (TPSA) is 125 Å². The molecule has 0 aliphatic carbocycles. The summed E-state index contributed by atoms with van der Waals surface area (Å²) in [6.07, 6.45) is 2.06. The average molecular weight is 426 g/mol. The number of carbonyl (C=O) groups excluding carboxylic acids is 2. The first kappa shape index (κ1) is 22.2. The number of aliphatic imine (C=N–C) groups is 1. The highest BCUT2D eigenvalue weighted by Gasteiger charge is 2.45. The van der Waals surface area contributed by atoms with E-state index in [2.05, 4.69) is 15.3 Å². The molecule has 0 radical (unpaired) electrons. The van der Waals surface area contributed by atoms with E-state index in [-0.39, 0.29) is 12.3 Å². The van der Waals surface area contributed by atoms with Crippen LogP contribution in [0.25, 0.3) is 0 Å². The van der Waals surface area contributed by atoms with Gasteiger partial charge in [0.15, 0.2) is 5.54 Å². The maximum absolute atomic E-state index is 13.0. The van der Waals surface area contributed by atoms with E-state index in [1.54, 1.807) is 24.4 Å². The van der Waals surface area contributed by atoms with E-state index in [9.17, 15) is 9.59 Å². The number of pyridine rings is 1. The number of aromatic nitrogens is 1. The van der Waals surface area contributed by atoms with E-state index in [0.717, 1.165) is 11.3 Å². The van der Waals surface area contributed by atoms with Gasteiger partial charge in [-0.25, -0.2) is 4.79 Å². The van der Waals surface area contributed by atoms with Crippen LogP contribution in [-0.4, -0.2) is 55.5 Å². The molecule has 164 valence electrons. The third-order valence-corrected chi connectivity index (χ3v) is 5.05. The number of rotatable bonds is 7. The molecule has 3 rings (SSSR count). The number of anilines is 1. The number of amides is 1. The number of benzene rings is 1. The number of ether oxygens (including phenoxy) is 3. The number of carbonyl (C=O) groups is 2. The predicted octanol–water partition coefficient (Wildman–Crippen LogP) is 1.42. The molecule has 3 N–H and O–H groups in total. The quantitative estimate of drug-likeness (QED) is 0.390. The summed E-state index contributed by atoms with van der Waals surface area (Å²) >= 11 is 0. The number of nitrogen functional groups attached to an aromatic ring is 1. The highest BCUT2D eigenvalue weighted by Crippen LogP contribution is 2.24. The van der Waals surface area contributed by atoms with Gasteiger partial charge in [0, 0.05) is 48.8 Å². The van der Waals surface area contributed by atoms with Crippen LogP contribution in [0.1, 0.15) is 23.2 Å². The minimum atomic E-state index is -1.25. The molecule has 1 aromatic heterocycles. The van der Waals surface area contributed by atoms with Crippen LogP contribution >= 0.6 is 0 Å². The molecular weight excluding hydrogens is 400 g/mol. The minimum Gasteiger partial charge on any atom is -0.489 e. The Morgan fingerprint density at radius 1 is 1.32 bits per heavy atom. The first-order chi connectivity index (χ1) is 14.9. The van der Waals surface area contributed by atoms with Crippen molar-refractivity contribution in [1.29, 1.82) is 0 Å². The van der Waals surface area contributed by atoms with E-state index < -0.39 is 17.4 Å². The Hall–Kier alpha value is -3.46. The highest BCUT2D eigenvalue weighted by molar-refractivity contribution is 6.46. The molecule has 0 spiro atoms. The van der Waals surface area contributed by atoms with Crippen molar-refractivity contribution in [2.45, 2.75) is 25.5 Å². The predicted molar refractivity (Wildman–Crippen MR) is 115 cm³/mol. The molecule has 1 fully saturated rings. The van der Waals surface area contributed by atoms with Gasteiger partial charge in [0.2, 0.25) is 0 Å². The van der Waals surface area contributed by atoms with Crippen molar-refractivity contribution in [2.24, 2.45) is 4.99 Å². The Labute approximate surface area is 180 Å². The molecule has 2 heterocycles. The first-order valence-corrected chi connectivity index (χ1v) is 9.78. The van der Waals surface area contributed by atoms with Gasteiger partial charge in [0.25, 0.3) is 5.91 Å². The Bertz CT molecular complexity index is 982. The van der Waals surface area contributed by atoms with Crippen LogP contribution in [0.5, 0.6) is 5.75 Å². The largest absolute Gasteiger partial charge is 0.489 e. The summed E-state index contributed by atoms with van der Waals surface area (Å²) < 4.78 is 16.0. The standard InChI is InChI=1S/C22H26N4O5/c1-14-4-5-15(11-25-14)12-31-16-6-7-18(23)17(10-16)19(24-2)20(27)26-22(21(28)29-3)8-9-30-13-22/h4-7,10-11H,8-9,12-13,23H2,1-3H3,(H,26,27). The SMILES string of the molecule is CN=C(C(=O)NC1(C(=O)OC)CCOC1)c1cc(OCc2ccc(C)nc2)ccc1N. The molecule has 1 amide bonds. The molecule has 9 nitrogen and oxygen atoms in total. The highest BCUT2D eigenvalue weighted by atomic mass is 16.5. The van der Waals surface area contributed by atoms with Gasteiger partial charge in [-0.2, -0.15) is 0 Å². The lowest BCUT2D eigenvalue weighted by Gasteiger charge is -2.26. The molecule has 1 unspecified atom stereocenters. The number of hydrogen-bond donors (Lipinski definition) is 2. The fraction of sp³-hybridized carbons (Fsp3) is 0.364. The zero-order valence-electron chi connectivity index (χ0n) is 17.8. The molecule has 0 saturated carbocycles. The summed E-state index contributed by atoms with van der Waals surface area (Å²) in [5.41, 5.74) is 7.53. The summed E-state index contributed by atoms with van der Waals surface area (Å²) in [5.74, 6) is -0.596. The molecule has 1 aliphatic heterocycles. The fourth-order valence-corrected chi connectivity index (χ4v) is 3.27. The number of methoxy groups -OCH3 is 1. The summed E-state index contributed by atoms with van der Waals surface area (Å²) in [7, 11) is 2.75. The Morgan fingerprint density at radius 3 is 2.74 bits per heavy atom. The van der Waals surface area contributed by atoms with Gasteiger partial charge in [-0.05, 0) is 31.2 Å². The monoisotopic (exact) mass is 426 g/mol. The zero-order valence-corrected chi connectivity index (χ0v) is 17.8. The average Bonchev–Trinajstić information content (AvgIpc) is 3.24. The normalized spacial score (nSPS) is 18.5. The van der Waals surface area contributed by atoms with Gasteiger partial charge in [0.1, 0.15) is 18.1 Å². The molecule has 1 atom stereocenters. The van der Waals surface area contributed by atoms with Crippen molar-refractivity contribution >= 4 is 23.3 Å². The number of nitrogens with one attached hydrogen (secondary N) is 1. The van der Waals surface area contributed by atoms with Gasteiger partial charge in [-0.3, -0.25) is 14.8 Å². The molecule has 1 aromatic carbocycles. The molecule has 2 aromatic rings. The number of esters is 1. The molecule has 31 heavy (non-hydrogen) atoms. The first-order valence-electron chi connectivity index (χ1n) is 9.78. The van der Waals surface area contributed by atoms with Crippen LogP contribution in [0.4, 0.5) is 5.69 Å². The van der Waals surface area contributed by atoms with Crippen molar-refractivity contribution < 1.29 is 23.8 Å². The molecule has 0 bridgehead atoms. The van der Waals surface area contributed by atoms with E-state index in [1.807, 2.05) is 19.1 Å². The van der Waals surface area contributed by atoms with Crippen molar-refractivity contribution in [3.05, 3.63) is 53.3 Å². The second-order valence-corrected chi connectivity index (χ2v) is 7.25. The minimum absolute atomic E-state index is 0.0334. The van der Waals surface area contributed by atoms with Gasteiger partial charge >= 0.3 is 5.97 Å². The number of nitrogens with zero attached hydrogens (tertiary/aromatic N) is 2. The number of aryl methyl sites for hydroxylation is 1. The smallest absolute Gasteiger partial charge is 0.334 e. The third kappa shape index (κ3) is 5.00. The van der Waals surface area contributed by atoms with E-state index >= 15 is 0 Å². The molecule has 1 saturated heterocycles. The van der Waals surface area contributed by atoms with E-state index in [1.165, 1.54) is 14.2 Å². The van der Waals surface area contributed by atoms with Crippen molar-refractivity contribution in [3.63, 3.8) is 0 Å². The fourth-order valence-electron chi connectivity index (χ4n) is 3.27. The lowest BCUT2D eigenvalue weighted by Crippen LogP contribution is -2.57. The Kier molecular flexibility index (Phi) is 6.86. The molecule has 1 aliphatic rings.